The number of benzene rings is 4. The molecule has 0 aromatic heterocycles. The minimum absolute atomic E-state index is 0.153. The first kappa shape index (κ1) is 17.8. The lowest BCUT2D eigenvalue weighted by Crippen LogP contribution is -2.08. The monoisotopic (exact) mass is 419 g/mol. The number of halogens is 2. The largest absolute Gasteiger partial charge is 0.240 e. The topological polar surface area (TPSA) is 12.4 Å². The van der Waals surface area contributed by atoms with Gasteiger partial charge in [-0.1, -0.05) is 95.6 Å². The average molecular weight is 420 g/mol. The zero-order valence-corrected chi connectivity index (χ0v) is 17.1. The summed E-state index contributed by atoms with van der Waals surface area (Å²) in [5, 5.41) is 4.99. The van der Waals surface area contributed by atoms with Crippen LogP contribution in [-0.2, 0) is 0 Å². The lowest BCUT2D eigenvalue weighted by Gasteiger charge is -2.26. The van der Waals surface area contributed by atoms with Gasteiger partial charge >= 0.3 is 0 Å². The highest BCUT2D eigenvalue weighted by molar-refractivity contribution is 8.14. The van der Waals surface area contributed by atoms with Crippen molar-refractivity contribution in [3.8, 4) is 0 Å². The van der Waals surface area contributed by atoms with Crippen molar-refractivity contribution in [3.63, 3.8) is 0 Å². The van der Waals surface area contributed by atoms with Gasteiger partial charge in [-0.05, 0) is 40.8 Å². The Bertz CT molecular complexity index is 1200. The lowest BCUT2D eigenvalue weighted by atomic mass is 9.98. The highest BCUT2D eigenvalue weighted by atomic mass is 35.5. The summed E-state index contributed by atoms with van der Waals surface area (Å²) in [4.78, 5) is 5.08. The molecule has 1 aliphatic rings. The molecule has 4 aromatic carbocycles. The molecule has 4 aromatic rings. The Morgan fingerprint density at radius 3 is 2.14 bits per heavy atom. The third kappa shape index (κ3) is 3.22. The van der Waals surface area contributed by atoms with Gasteiger partial charge in [0.2, 0.25) is 0 Å². The molecule has 0 fully saturated rings. The van der Waals surface area contributed by atoms with Crippen molar-refractivity contribution < 1.29 is 0 Å². The molecule has 0 saturated heterocycles. The fourth-order valence-electron chi connectivity index (χ4n) is 3.52. The van der Waals surface area contributed by atoms with Crippen LogP contribution in [0.4, 0.5) is 5.69 Å². The smallest absolute Gasteiger partial charge is 0.105 e. The predicted molar refractivity (Wildman–Crippen MR) is 122 cm³/mol. The van der Waals surface area contributed by atoms with Crippen molar-refractivity contribution >= 4 is 56.5 Å². The van der Waals surface area contributed by atoms with E-state index < -0.39 is 0 Å². The van der Waals surface area contributed by atoms with Gasteiger partial charge in [0.1, 0.15) is 5.04 Å². The molecule has 0 aliphatic carbocycles. The Morgan fingerprint density at radius 1 is 0.714 bits per heavy atom. The fraction of sp³-hybridized carbons (Fsp3) is 0.0417. The van der Waals surface area contributed by atoms with E-state index in [1.165, 1.54) is 21.9 Å². The van der Waals surface area contributed by atoms with Gasteiger partial charge < -0.3 is 0 Å². The maximum atomic E-state index is 6.13. The second kappa shape index (κ2) is 7.29. The van der Waals surface area contributed by atoms with Gasteiger partial charge in [0.25, 0.3) is 0 Å². The van der Waals surface area contributed by atoms with Crippen molar-refractivity contribution in [3.05, 3.63) is 112 Å². The van der Waals surface area contributed by atoms with Crippen LogP contribution >= 0.6 is 35.0 Å². The van der Waals surface area contributed by atoms with E-state index in [0.29, 0.717) is 0 Å². The van der Waals surface area contributed by atoms with Gasteiger partial charge in [0.05, 0.1) is 10.9 Å². The van der Waals surface area contributed by atoms with E-state index in [1.54, 1.807) is 11.8 Å². The first-order valence-corrected chi connectivity index (χ1v) is 10.6. The summed E-state index contributed by atoms with van der Waals surface area (Å²) >= 11 is 14.0. The van der Waals surface area contributed by atoms with Gasteiger partial charge in [-0.2, -0.15) is 0 Å². The van der Waals surface area contributed by atoms with Crippen molar-refractivity contribution in [2.45, 2.75) is 5.25 Å². The standard InChI is InChI=1S/C24H15Cl2NS/c25-18-10-5-16(6-11-18)23-21-14-9-15-3-1-2-4-20(15)22(21)27-24(28-23)17-7-12-19(26)13-8-17/h1-14,23H. The SMILES string of the molecule is Clc1ccc(C2=Nc3c(ccc4ccccc34)C(c3ccc(Cl)cc3)S2)cc1. The molecule has 5 rings (SSSR count). The van der Waals surface area contributed by atoms with Crippen LogP contribution in [0.5, 0.6) is 0 Å². The zero-order chi connectivity index (χ0) is 19.1. The summed E-state index contributed by atoms with van der Waals surface area (Å²) in [6.07, 6.45) is 0. The molecule has 0 N–H and O–H groups in total. The van der Waals surface area contributed by atoms with Crippen LogP contribution in [0.25, 0.3) is 10.8 Å². The molecule has 0 bridgehead atoms. The molecule has 1 heterocycles. The van der Waals surface area contributed by atoms with Crippen molar-refractivity contribution in [2.75, 3.05) is 0 Å². The molecule has 0 amide bonds. The fourth-order valence-corrected chi connectivity index (χ4v) is 5.02. The number of fused-ring (bicyclic) bond motifs is 3. The maximum Gasteiger partial charge on any atom is 0.105 e. The predicted octanol–water partition coefficient (Wildman–Crippen LogP) is 8.06. The van der Waals surface area contributed by atoms with Crippen molar-refractivity contribution in [1.82, 2.24) is 0 Å². The van der Waals surface area contributed by atoms with Gasteiger partial charge in [-0.25, -0.2) is 4.99 Å². The van der Waals surface area contributed by atoms with E-state index in [1.807, 2.05) is 36.4 Å². The first-order valence-electron chi connectivity index (χ1n) is 8.97. The molecule has 1 nitrogen and oxygen atoms in total. The van der Waals surface area contributed by atoms with Gasteiger partial charge in [0.15, 0.2) is 0 Å². The Kier molecular flexibility index (Phi) is 4.64. The third-order valence-corrected chi connectivity index (χ3v) is 6.74. The number of hydrogen-bond acceptors (Lipinski definition) is 2. The van der Waals surface area contributed by atoms with E-state index in [9.17, 15) is 0 Å². The number of aliphatic imine (C=N–C) groups is 1. The molecule has 136 valence electrons. The van der Waals surface area contributed by atoms with Crippen LogP contribution in [0, 0.1) is 0 Å². The summed E-state index contributed by atoms with van der Waals surface area (Å²) in [7, 11) is 0. The van der Waals surface area contributed by atoms with Crippen molar-refractivity contribution in [2.24, 2.45) is 4.99 Å². The number of rotatable bonds is 2. The molecule has 0 saturated carbocycles. The number of thioether (sulfide) groups is 1. The first-order chi connectivity index (χ1) is 13.7. The Morgan fingerprint density at radius 2 is 1.39 bits per heavy atom. The normalized spacial score (nSPS) is 15.9. The van der Waals surface area contributed by atoms with Crippen LogP contribution in [0.15, 0.2) is 89.9 Å². The Balaban J connectivity index is 1.73. The molecule has 4 heteroatoms. The Hall–Kier alpha value is -2.26. The zero-order valence-electron chi connectivity index (χ0n) is 14.8. The minimum atomic E-state index is 0.153. The van der Waals surface area contributed by atoms with Crippen LogP contribution in [0.3, 0.4) is 0 Å². The summed E-state index contributed by atoms with van der Waals surface area (Å²) in [6, 6.07) is 28.8. The van der Waals surface area contributed by atoms with Gasteiger partial charge in [0, 0.05) is 21.0 Å². The molecule has 1 aliphatic heterocycles. The highest BCUT2D eigenvalue weighted by Gasteiger charge is 2.27. The summed E-state index contributed by atoms with van der Waals surface area (Å²) < 4.78 is 0. The highest BCUT2D eigenvalue weighted by Crippen LogP contribution is 2.49. The van der Waals surface area contributed by atoms with E-state index in [0.717, 1.165) is 26.3 Å². The molecular formula is C24H15Cl2NS. The summed E-state index contributed by atoms with van der Waals surface area (Å²) in [5.41, 5.74) is 4.56. The van der Waals surface area contributed by atoms with Crippen molar-refractivity contribution in [1.29, 1.82) is 0 Å². The molecule has 1 atom stereocenters. The summed E-state index contributed by atoms with van der Waals surface area (Å²) in [5.74, 6) is 0. The van der Waals surface area contributed by atoms with Gasteiger partial charge in [-0.15, -0.1) is 0 Å². The molecule has 1 unspecified atom stereocenters. The summed E-state index contributed by atoms with van der Waals surface area (Å²) in [6.45, 7) is 0. The second-order valence-corrected chi connectivity index (χ2v) is 8.66. The average Bonchev–Trinajstić information content (AvgIpc) is 2.74. The van der Waals surface area contributed by atoms with E-state index >= 15 is 0 Å². The maximum absolute atomic E-state index is 6.13. The van der Waals surface area contributed by atoms with E-state index in [4.69, 9.17) is 28.2 Å². The molecule has 0 spiro atoms. The van der Waals surface area contributed by atoms with E-state index in [-0.39, 0.29) is 5.25 Å². The van der Waals surface area contributed by atoms with Crippen LogP contribution in [0.1, 0.15) is 21.9 Å². The molecule has 28 heavy (non-hydrogen) atoms. The number of hydrogen-bond donors (Lipinski definition) is 0. The molecule has 0 radical (unpaired) electrons. The van der Waals surface area contributed by atoms with Crippen LogP contribution in [0.2, 0.25) is 10.0 Å². The van der Waals surface area contributed by atoms with Crippen LogP contribution < -0.4 is 0 Å². The second-order valence-electron chi connectivity index (χ2n) is 6.70. The minimum Gasteiger partial charge on any atom is -0.240 e. The third-order valence-electron chi connectivity index (χ3n) is 4.92. The molecular weight excluding hydrogens is 405 g/mol. The number of nitrogens with zero attached hydrogens (tertiary/aromatic N) is 1. The van der Waals surface area contributed by atoms with Gasteiger partial charge in [-0.3, -0.25) is 0 Å². The van der Waals surface area contributed by atoms with E-state index in [2.05, 4.69) is 48.5 Å². The lowest BCUT2D eigenvalue weighted by molar-refractivity contribution is 1.15. The Labute approximate surface area is 178 Å². The quantitative estimate of drug-likeness (QED) is 0.319. The van der Waals surface area contributed by atoms with Crippen LogP contribution in [-0.4, -0.2) is 5.04 Å².